The summed E-state index contributed by atoms with van der Waals surface area (Å²) in [5, 5.41) is 4.62. The molecule has 0 atom stereocenters. The molecule has 72 valence electrons. The monoisotopic (exact) mass is 187 g/mol. The maximum atomic E-state index is 4.55. The van der Waals surface area contributed by atoms with Gasteiger partial charge in [0.2, 0.25) is 0 Å². The van der Waals surface area contributed by atoms with Crippen molar-refractivity contribution in [3.05, 3.63) is 23.9 Å². The van der Waals surface area contributed by atoms with Crippen LogP contribution in [0, 0.1) is 6.92 Å². The third-order valence-corrected chi connectivity index (χ3v) is 2.64. The standard InChI is InChI=1S/C11H13N3/c1-7-6-8-4-5-12-11(8)14-10(7)13-9-2-3-9/h4-6,9H,2-3H2,1H3,(H2,12,13,14). The summed E-state index contributed by atoms with van der Waals surface area (Å²) in [6.07, 6.45) is 4.49. The second-order valence-corrected chi connectivity index (χ2v) is 3.99. The number of aromatic nitrogens is 2. The normalized spacial score (nSPS) is 16.1. The highest BCUT2D eigenvalue weighted by Gasteiger charge is 2.22. The molecule has 3 rings (SSSR count). The maximum absolute atomic E-state index is 4.55. The number of pyridine rings is 1. The summed E-state index contributed by atoms with van der Waals surface area (Å²) >= 11 is 0. The van der Waals surface area contributed by atoms with Crippen molar-refractivity contribution in [1.82, 2.24) is 9.97 Å². The predicted octanol–water partition coefficient (Wildman–Crippen LogP) is 2.45. The summed E-state index contributed by atoms with van der Waals surface area (Å²) in [5.74, 6) is 1.03. The van der Waals surface area contributed by atoms with Crippen molar-refractivity contribution in [3.8, 4) is 0 Å². The van der Waals surface area contributed by atoms with Gasteiger partial charge in [0.25, 0.3) is 0 Å². The molecule has 0 amide bonds. The molecule has 0 radical (unpaired) electrons. The Labute approximate surface area is 82.5 Å². The Bertz CT molecular complexity index is 468. The molecule has 0 aliphatic heterocycles. The van der Waals surface area contributed by atoms with Gasteiger partial charge in [0, 0.05) is 17.6 Å². The first kappa shape index (κ1) is 7.85. The number of nitrogens with zero attached hydrogens (tertiary/aromatic N) is 1. The number of nitrogens with one attached hydrogen (secondary N) is 2. The molecule has 2 N–H and O–H groups in total. The minimum Gasteiger partial charge on any atom is -0.367 e. The van der Waals surface area contributed by atoms with Gasteiger partial charge in [-0.15, -0.1) is 0 Å². The first-order valence-electron chi connectivity index (χ1n) is 5.04. The number of fused-ring (bicyclic) bond motifs is 1. The van der Waals surface area contributed by atoms with Gasteiger partial charge in [0.05, 0.1) is 0 Å². The van der Waals surface area contributed by atoms with E-state index in [-0.39, 0.29) is 0 Å². The maximum Gasteiger partial charge on any atom is 0.139 e. The zero-order valence-corrected chi connectivity index (χ0v) is 8.17. The fraction of sp³-hybridized carbons (Fsp3) is 0.364. The van der Waals surface area contributed by atoms with E-state index in [1.165, 1.54) is 23.8 Å². The van der Waals surface area contributed by atoms with E-state index < -0.39 is 0 Å². The van der Waals surface area contributed by atoms with Gasteiger partial charge in [-0.2, -0.15) is 0 Å². The lowest BCUT2D eigenvalue weighted by Crippen LogP contribution is -2.04. The van der Waals surface area contributed by atoms with Crippen molar-refractivity contribution in [2.75, 3.05) is 5.32 Å². The van der Waals surface area contributed by atoms with E-state index in [1.807, 2.05) is 6.20 Å². The van der Waals surface area contributed by atoms with Gasteiger partial charge < -0.3 is 10.3 Å². The third kappa shape index (κ3) is 1.25. The van der Waals surface area contributed by atoms with Crippen molar-refractivity contribution < 1.29 is 0 Å². The van der Waals surface area contributed by atoms with Crippen molar-refractivity contribution in [1.29, 1.82) is 0 Å². The van der Waals surface area contributed by atoms with E-state index >= 15 is 0 Å². The lowest BCUT2D eigenvalue weighted by atomic mass is 10.2. The van der Waals surface area contributed by atoms with Gasteiger partial charge in [-0.25, -0.2) is 4.98 Å². The first-order valence-corrected chi connectivity index (χ1v) is 5.04. The molecule has 2 aromatic rings. The number of aryl methyl sites for hydroxylation is 1. The van der Waals surface area contributed by atoms with Crippen LogP contribution in [0.2, 0.25) is 0 Å². The van der Waals surface area contributed by atoms with Crippen molar-refractivity contribution in [2.24, 2.45) is 0 Å². The SMILES string of the molecule is Cc1cc2cc[nH]c2nc1NC1CC1. The summed E-state index contributed by atoms with van der Waals surface area (Å²) in [6, 6.07) is 4.88. The molecule has 1 aliphatic rings. The van der Waals surface area contributed by atoms with Gasteiger partial charge in [-0.3, -0.25) is 0 Å². The second-order valence-electron chi connectivity index (χ2n) is 3.99. The largest absolute Gasteiger partial charge is 0.367 e. The van der Waals surface area contributed by atoms with Crippen molar-refractivity contribution >= 4 is 16.9 Å². The fourth-order valence-electron chi connectivity index (χ4n) is 1.65. The Hall–Kier alpha value is -1.51. The average molecular weight is 187 g/mol. The molecule has 3 nitrogen and oxygen atoms in total. The molecule has 14 heavy (non-hydrogen) atoms. The van der Waals surface area contributed by atoms with E-state index in [4.69, 9.17) is 0 Å². The molecule has 2 aromatic heterocycles. The van der Waals surface area contributed by atoms with E-state index in [0.29, 0.717) is 6.04 Å². The van der Waals surface area contributed by atoms with Crippen LogP contribution in [0.25, 0.3) is 11.0 Å². The Morgan fingerprint density at radius 1 is 1.50 bits per heavy atom. The van der Waals surface area contributed by atoms with Crippen LogP contribution in [0.15, 0.2) is 18.3 Å². The summed E-state index contributed by atoms with van der Waals surface area (Å²) in [6.45, 7) is 2.10. The van der Waals surface area contributed by atoms with Crippen LogP contribution in [0.3, 0.4) is 0 Å². The third-order valence-electron chi connectivity index (χ3n) is 2.64. The molecule has 3 heteroatoms. The molecule has 1 aliphatic carbocycles. The number of anilines is 1. The highest BCUT2D eigenvalue weighted by Crippen LogP contribution is 2.26. The van der Waals surface area contributed by atoms with Crippen LogP contribution >= 0.6 is 0 Å². The zero-order chi connectivity index (χ0) is 9.54. The zero-order valence-electron chi connectivity index (χ0n) is 8.17. The molecule has 0 unspecified atom stereocenters. The van der Waals surface area contributed by atoms with E-state index in [1.54, 1.807) is 0 Å². The molecule has 0 spiro atoms. The van der Waals surface area contributed by atoms with Crippen LogP contribution in [-0.4, -0.2) is 16.0 Å². The fourth-order valence-corrected chi connectivity index (χ4v) is 1.65. The Morgan fingerprint density at radius 2 is 2.36 bits per heavy atom. The molecule has 0 aromatic carbocycles. The van der Waals surface area contributed by atoms with Crippen LogP contribution in [0.5, 0.6) is 0 Å². The summed E-state index contributed by atoms with van der Waals surface area (Å²) in [7, 11) is 0. The minimum atomic E-state index is 0.661. The number of rotatable bonds is 2. The Balaban J connectivity index is 2.07. The summed E-state index contributed by atoms with van der Waals surface area (Å²) in [4.78, 5) is 7.68. The lowest BCUT2D eigenvalue weighted by molar-refractivity contribution is 1.11. The molecule has 0 bridgehead atoms. The Kier molecular flexibility index (Phi) is 1.54. The lowest BCUT2D eigenvalue weighted by Gasteiger charge is -2.06. The summed E-state index contributed by atoms with van der Waals surface area (Å²) < 4.78 is 0. The molecular weight excluding hydrogens is 174 g/mol. The number of H-pyrrole nitrogens is 1. The van der Waals surface area contributed by atoms with E-state index in [0.717, 1.165) is 11.5 Å². The quantitative estimate of drug-likeness (QED) is 0.758. The van der Waals surface area contributed by atoms with Gasteiger partial charge >= 0.3 is 0 Å². The molecule has 0 saturated heterocycles. The van der Waals surface area contributed by atoms with Gasteiger partial charge in [-0.05, 0) is 37.5 Å². The molecule has 1 fully saturated rings. The topological polar surface area (TPSA) is 40.7 Å². The molecular formula is C11H13N3. The van der Waals surface area contributed by atoms with Crippen LogP contribution < -0.4 is 5.32 Å². The number of hydrogen-bond donors (Lipinski definition) is 2. The van der Waals surface area contributed by atoms with Crippen LogP contribution in [0.4, 0.5) is 5.82 Å². The first-order chi connectivity index (χ1) is 6.83. The van der Waals surface area contributed by atoms with Gasteiger partial charge in [-0.1, -0.05) is 0 Å². The smallest absolute Gasteiger partial charge is 0.139 e. The highest BCUT2D eigenvalue weighted by atomic mass is 15.1. The van der Waals surface area contributed by atoms with Gasteiger partial charge in [0.15, 0.2) is 0 Å². The Morgan fingerprint density at radius 3 is 3.14 bits per heavy atom. The van der Waals surface area contributed by atoms with E-state index in [2.05, 4.69) is 34.3 Å². The van der Waals surface area contributed by atoms with Crippen molar-refractivity contribution in [2.45, 2.75) is 25.8 Å². The highest BCUT2D eigenvalue weighted by molar-refractivity contribution is 5.78. The predicted molar refractivity (Wildman–Crippen MR) is 57.5 cm³/mol. The average Bonchev–Trinajstić information content (AvgIpc) is 2.85. The van der Waals surface area contributed by atoms with Crippen molar-refractivity contribution in [3.63, 3.8) is 0 Å². The van der Waals surface area contributed by atoms with Crippen LogP contribution in [-0.2, 0) is 0 Å². The molecule has 2 heterocycles. The summed E-state index contributed by atoms with van der Waals surface area (Å²) in [5.41, 5.74) is 2.20. The minimum absolute atomic E-state index is 0.661. The molecule has 1 saturated carbocycles. The number of hydrogen-bond acceptors (Lipinski definition) is 2. The second kappa shape index (κ2) is 2.74. The number of aromatic amines is 1. The van der Waals surface area contributed by atoms with Gasteiger partial charge in [0.1, 0.15) is 11.5 Å². The van der Waals surface area contributed by atoms with Crippen LogP contribution in [0.1, 0.15) is 18.4 Å². The van der Waals surface area contributed by atoms with E-state index in [9.17, 15) is 0 Å².